The number of allylic oxidation sites excluding steroid dienone is 3. The third kappa shape index (κ3) is 6.71. The van der Waals surface area contributed by atoms with Gasteiger partial charge in [0.25, 0.3) is 0 Å². The van der Waals surface area contributed by atoms with Gasteiger partial charge in [-0.1, -0.05) is 164 Å². The summed E-state index contributed by atoms with van der Waals surface area (Å²) in [6.07, 6.45) is 13.1. The van der Waals surface area contributed by atoms with Gasteiger partial charge in [-0.3, -0.25) is 4.98 Å². The number of hydrogen-bond donors (Lipinski definition) is 0. The summed E-state index contributed by atoms with van der Waals surface area (Å²) in [5, 5.41) is 9.75. The SMILES string of the molecule is Cc1ccccc1N(C1=CCCC=C1)c1cc(-c2c3ccccc3c(-c3cncc(-c4ccc(-n5c6ccccc6c6ccccc65)cc4)c3)c3ccccc23)cc(-n2c3ccccc3c3ccccc32)c1. The van der Waals surface area contributed by atoms with Crippen LogP contribution in [0.4, 0.5) is 11.4 Å². The molecule has 0 spiro atoms. The fourth-order valence-corrected chi connectivity index (χ4v) is 11.7. The zero-order valence-electron chi connectivity index (χ0n) is 39.9. The summed E-state index contributed by atoms with van der Waals surface area (Å²) in [7, 11) is 0. The smallest absolute Gasteiger partial charge is 0.0541 e. The predicted molar refractivity (Wildman–Crippen MR) is 304 cm³/mol. The number of fused-ring (bicyclic) bond motifs is 8. The molecule has 1 aliphatic carbocycles. The molecule has 0 saturated heterocycles. The quantitative estimate of drug-likeness (QED) is 0.142. The monoisotopic (exact) mass is 920 g/mol. The molecule has 13 aromatic rings. The van der Waals surface area contributed by atoms with Crippen LogP contribution in [0.2, 0.25) is 0 Å². The van der Waals surface area contributed by atoms with Crippen molar-refractivity contribution in [2.75, 3.05) is 4.90 Å². The highest BCUT2D eigenvalue weighted by molar-refractivity contribution is 6.22. The Labute approximate surface area is 418 Å². The number of rotatable bonds is 8. The highest BCUT2D eigenvalue weighted by atomic mass is 15.2. The molecule has 10 aromatic carbocycles. The molecule has 0 aliphatic heterocycles. The Morgan fingerprint density at radius 2 is 0.861 bits per heavy atom. The van der Waals surface area contributed by atoms with Crippen molar-refractivity contribution in [1.29, 1.82) is 0 Å². The van der Waals surface area contributed by atoms with Gasteiger partial charge in [0.2, 0.25) is 0 Å². The predicted octanol–water partition coefficient (Wildman–Crippen LogP) is 18.3. The van der Waals surface area contributed by atoms with Crippen molar-refractivity contribution in [3.63, 3.8) is 0 Å². The van der Waals surface area contributed by atoms with Crippen LogP contribution in [-0.4, -0.2) is 14.1 Å². The molecule has 4 nitrogen and oxygen atoms in total. The van der Waals surface area contributed by atoms with Crippen LogP contribution in [0.5, 0.6) is 0 Å². The average molecular weight is 921 g/mol. The van der Waals surface area contributed by atoms with Crippen molar-refractivity contribution in [3.8, 4) is 44.8 Å². The first kappa shape index (κ1) is 41.7. The minimum absolute atomic E-state index is 0.994. The summed E-state index contributed by atoms with van der Waals surface area (Å²) >= 11 is 0. The summed E-state index contributed by atoms with van der Waals surface area (Å²) in [4.78, 5) is 7.43. The summed E-state index contributed by atoms with van der Waals surface area (Å²) in [6.45, 7) is 2.22. The second-order valence-corrected chi connectivity index (χ2v) is 19.1. The van der Waals surface area contributed by atoms with Gasteiger partial charge < -0.3 is 14.0 Å². The van der Waals surface area contributed by atoms with Gasteiger partial charge in [0.15, 0.2) is 0 Å². The molecule has 72 heavy (non-hydrogen) atoms. The molecule has 0 radical (unpaired) electrons. The molecule has 0 saturated carbocycles. The first-order valence-corrected chi connectivity index (χ1v) is 25.0. The molecular formula is C68H48N4. The van der Waals surface area contributed by atoms with E-state index in [-0.39, 0.29) is 0 Å². The maximum atomic E-state index is 4.96. The first-order valence-electron chi connectivity index (χ1n) is 25.0. The highest BCUT2D eigenvalue weighted by Gasteiger charge is 2.23. The van der Waals surface area contributed by atoms with E-state index in [4.69, 9.17) is 4.98 Å². The Morgan fingerprint density at radius 1 is 0.389 bits per heavy atom. The third-order valence-electron chi connectivity index (χ3n) is 14.9. The zero-order valence-corrected chi connectivity index (χ0v) is 39.9. The molecular weight excluding hydrogens is 873 g/mol. The lowest BCUT2D eigenvalue weighted by molar-refractivity contribution is 0.995. The molecule has 0 atom stereocenters. The van der Waals surface area contributed by atoms with Crippen molar-refractivity contribution in [2.45, 2.75) is 19.8 Å². The van der Waals surface area contributed by atoms with Crippen LogP contribution in [0.15, 0.2) is 255 Å². The van der Waals surface area contributed by atoms with Gasteiger partial charge in [0.05, 0.1) is 22.1 Å². The fourth-order valence-electron chi connectivity index (χ4n) is 11.7. The third-order valence-corrected chi connectivity index (χ3v) is 14.9. The van der Waals surface area contributed by atoms with Crippen LogP contribution in [0.25, 0.3) is 110 Å². The van der Waals surface area contributed by atoms with Crippen LogP contribution in [0.3, 0.4) is 0 Å². The van der Waals surface area contributed by atoms with Gasteiger partial charge in [-0.05, 0) is 142 Å². The van der Waals surface area contributed by atoms with Crippen molar-refractivity contribution >= 4 is 76.5 Å². The lowest BCUT2D eigenvalue weighted by atomic mass is 9.85. The molecule has 0 bridgehead atoms. The van der Waals surface area contributed by atoms with Crippen LogP contribution < -0.4 is 4.90 Å². The molecule has 1 aliphatic rings. The number of nitrogens with zero attached hydrogens (tertiary/aromatic N) is 4. The van der Waals surface area contributed by atoms with Gasteiger partial charge in [0, 0.05) is 73.5 Å². The molecule has 3 aromatic heterocycles. The number of anilines is 2. The van der Waals surface area contributed by atoms with E-state index in [9.17, 15) is 0 Å². The first-order chi connectivity index (χ1) is 35.7. The molecule has 14 rings (SSSR count). The van der Waals surface area contributed by atoms with Crippen LogP contribution in [0.1, 0.15) is 18.4 Å². The van der Waals surface area contributed by atoms with Crippen molar-refractivity contribution in [3.05, 3.63) is 260 Å². The second kappa shape index (κ2) is 17.0. The van der Waals surface area contributed by atoms with Gasteiger partial charge in [-0.25, -0.2) is 0 Å². The maximum Gasteiger partial charge on any atom is 0.0541 e. The average Bonchev–Trinajstić information content (AvgIpc) is 3.96. The van der Waals surface area contributed by atoms with Crippen LogP contribution in [-0.2, 0) is 0 Å². The van der Waals surface area contributed by atoms with E-state index < -0.39 is 0 Å². The Balaban J connectivity index is 0.972. The van der Waals surface area contributed by atoms with Gasteiger partial charge >= 0.3 is 0 Å². The van der Waals surface area contributed by atoms with Gasteiger partial charge in [-0.2, -0.15) is 0 Å². The van der Waals surface area contributed by atoms with Gasteiger partial charge in [-0.15, -0.1) is 0 Å². The minimum atomic E-state index is 0.994. The van der Waals surface area contributed by atoms with E-state index in [1.54, 1.807) is 0 Å². The number of para-hydroxylation sites is 5. The summed E-state index contributed by atoms with van der Waals surface area (Å²) < 4.78 is 4.83. The molecule has 0 amide bonds. The molecule has 340 valence electrons. The Bertz CT molecular complexity index is 4190. The number of hydrogen-bond acceptors (Lipinski definition) is 2. The molecule has 3 heterocycles. The Hall–Kier alpha value is -9.25. The zero-order chi connectivity index (χ0) is 47.7. The van der Waals surface area contributed by atoms with E-state index in [0.29, 0.717) is 0 Å². The van der Waals surface area contributed by atoms with Crippen LogP contribution >= 0.6 is 0 Å². The van der Waals surface area contributed by atoms with Crippen molar-refractivity contribution < 1.29 is 0 Å². The standard InChI is InChI=1S/C68H48N4/c1-45-19-5-14-30-62(45)70(50-20-3-2-4-21-50)52-40-47(41-53(42-52)72-65-33-17-12-24-56(65)57-25-13-18-34-66(57)72)67-58-26-6-8-28-60(58)68(61-29-9-7-27-59(61)67)49-39-48(43-69-44-49)46-35-37-51(38-36-46)71-63-31-15-10-22-54(63)55-23-11-16-32-64(55)71/h3,5-44H,2,4H2,1H3. The Morgan fingerprint density at radius 3 is 1.39 bits per heavy atom. The lowest BCUT2D eigenvalue weighted by Crippen LogP contribution is -2.17. The van der Waals surface area contributed by atoms with Crippen LogP contribution in [0, 0.1) is 6.92 Å². The van der Waals surface area contributed by atoms with E-state index >= 15 is 0 Å². The summed E-state index contributed by atoms with van der Waals surface area (Å²) in [5.41, 5.74) is 18.5. The summed E-state index contributed by atoms with van der Waals surface area (Å²) in [6, 6.07) is 80.2. The van der Waals surface area contributed by atoms with E-state index in [1.807, 2.05) is 12.4 Å². The number of pyridine rings is 1. The lowest BCUT2D eigenvalue weighted by Gasteiger charge is -2.30. The topological polar surface area (TPSA) is 26.0 Å². The highest BCUT2D eigenvalue weighted by Crippen LogP contribution is 2.47. The second-order valence-electron chi connectivity index (χ2n) is 19.1. The largest absolute Gasteiger partial charge is 0.310 e. The normalized spacial score (nSPS) is 12.7. The van der Waals surface area contributed by atoms with E-state index in [0.717, 1.165) is 52.2 Å². The minimum Gasteiger partial charge on any atom is -0.310 e. The molecule has 0 N–H and O–H groups in total. The summed E-state index contributed by atoms with van der Waals surface area (Å²) in [5.74, 6) is 0. The van der Waals surface area contributed by atoms with Crippen molar-refractivity contribution in [2.24, 2.45) is 0 Å². The number of benzene rings is 10. The molecule has 0 fully saturated rings. The van der Waals surface area contributed by atoms with Gasteiger partial charge in [0.1, 0.15) is 0 Å². The Kier molecular flexibility index (Phi) is 9.85. The fraction of sp³-hybridized carbons (Fsp3) is 0.0441. The maximum absolute atomic E-state index is 4.96. The number of aryl methyl sites for hydroxylation is 1. The molecule has 0 unspecified atom stereocenters. The van der Waals surface area contributed by atoms with E-state index in [2.05, 4.69) is 258 Å². The van der Waals surface area contributed by atoms with E-state index in [1.165, 1.54) is 93.2 Å². The molecule has 4 heteroatoms. The van der Waals surface area contributed by atoms with Crippen molar-refractivity contribution in [1.82, 2.24) is 14.1 Å². The number of aromatic nitrogens is 3.